The van der Waals surface area contributed by atoms with Crippen LogP contribution in [0.25, 0.3) is 0 Å². The molecule has 0 bridgehead atoms. The van der Waals surface area contributed by atoms with E-state index in [4.69, 9.17) is 16.3 Å². The average Bonchev–Trinajstić information content (AvgIpc) is 2.91. The standard InChI is InChI=1S/C14H18ClN3OS/c1-3-12(10-4-6-11(15)7-5-10)16-14-17-13(18-20-14)8-9-19-2/h4-7,12H,3,8-9H2,1-2H3,(H,16,17,18). The van der Waals surface area contributed by atoms with Crippen molar-refractivity contribution in [2.24, 2.45) is 0 Å². The first kappa shape index (κ1) is 15.2. The molecule has 0 aliphatic carbocycles. The van der Waals surface area contributed by atoms with Crippen molar-refractivity contribution in [3.05, 3.63) is 40.7 Å². The number of halogens is 1. The molecule has 0 aliphatic heterocycles. The number of hydrogen-bond acceptors (Lipinski definition) is 5. The molecule has 0 aliphatic rings. The minimum atomic E-state index is 0.218. The van der Waals surface area contributed by atoms with E-state index >= 15 is 0 Å². The van der Waals surface area contributed by atoms with E-state index in [-0.39, 0.29) is 6.04 Å². The molecule has 4 nitrogen and oxygen atoms in total. The molecule has 2 rings (SSSR count). The molecule has 0 radical (unpaired) electrons. The van der Waals surface area contributed by atoms with Crippen LogP contribution in [-0.4, -0.2) is 23.1 Å². The first-order valence-electron chi connectivity index (χ1n) is 6.56. The van der Waals surface area contributed by atoms with Crippen LogP contribution < -0.4 is 5.32 Å². The fourth-order valence-electron chi connectivity index (χ4n) is 1.87. The number of ether oxygens (including phenoxy) is 1. The molecule has 0 saturated carbocycles. The Morgan fingerprint density at radius 3 is 2.75 bits per heavy atom. The van der Waals surface area contributed by atoms with Gasteiger partial charge in [0.25, 0.3) is 0 Å². The minimum Gasteiger partial charge on any atom is -0.384 e. The highest BCUT2D eigenvalue weighted by Gasteiger charge is 2.12. The van der Waals surface area contributed by atoms with Gasteiger partial charge in [0.05, 0.1) is 12.6 Å². The van der Waals surface area contributed by atoms with Crippen molar-refractivity contribution in [2.75, 3.05) is 19.0 Å². The smallest absolute Gasteiger partial charge is 0.203 e. The van der Waals surface area contributed by atoms with E-state index in [1.807, 2.05) is 24.3 Å². The van der Waals surface area contributed by atoms with Crippen molar-refractivity contribution in [1.82, 2.24) is 9.36 Å². The van der Waals surface area contributed by atoms with E-state index in [0.717, 1.165) is 28.8 Å². The number of benzene rings is 1. The highest BCUT2D eigenvalue weighted by Crippen LogP contribution is 2.24. The summed E-state index contributed by atoms with van der Waals surface area (Å²) in [6.45, 7) is 2.78. The van der Waals surface area contributed by atoms with Gasteiger partial charge in [0, 0.05) is 30.1 Å². The van der Waals surface area contributed by atoms with Crippen LogP contribution in [0, 0.1) is 0 Å². The SMILES string of the molecule is CCC(Nc1nc(CCOC)ns1)c1ccc(Cl)cc1. The summed E-state index contributed by atoms with van der Waals surface area (Å²) in [4.78, 5) is 4.47. The number of methoxy groups -OCH3 is 1. The Balaban J connectivity index is 2.02. The van der Waals surface area contributed by atoms with Gasteiger partial charge >= 0.3 is 0 Å². The van der Waals surface area contributed by atoms with Crippen LogP contribution in [0.4, 0.5) is 5.13 Å². The monoisotopic (exact) mass is 311 g/mol. The van der Waals surface area contributed by atoms with E-state index in [2.05, 4.69) is 21.6 Å². The van der Waals surface area contributed by atoms with Gasteiger partial charge in [0.15, 0.2) is 0 Å². The molecule has 1 aromatic carbocycles. The molecule has 0 saturated heterocycles. The third-order valence-electron chi connectivity index (χ3n) is 2.98. The molecular weight excluding hydrogens is 294 g/mol. The van der Waals surface area contributed by atoms with Crippen LogP contribution in [0.15, 0.2) is 24.3 Å². The Morgan fingerprint density at radius 2 is 2.10 bits per heavy atom. The number of hydrogen-bond donors (Lipinski definition) is 1. The summed E-state index contributed by atoms with van der Waals surface area (Å²) in [5.41, 5.74) is 1.20. The maximum absolute atomic E-state index is 5.92. The molecule has 108 valence electrons. The van der Waals surface area contributed by atoms with Gasteiger partial charge in [-0.1, -0.05) is 30.7 Å². The lowest BCUT2D eigenvalue weighted by Crippen LogP contribution is -2.09. The first-order chi connectivity index (χ1) is 9.72. The molecule has 0 amide bonds. The lowest BCUT2D eigenvalue weighted by Gasteiger charge is -2.16. The second-order valence-corrected chi connectivity index (χ2v) is 5.60. The predicted molar refractivity (Wildman–Crippen MR) is 83.6 cm³/mol. The van der Waals surface area contributed by atoms with Crippen LogP contribution in [-0.2, 0) is 11.2 Å². The molecule has 6 heteroatoms. The zero-order chi connectivity index (χ0) is 14.4. The third-order valence-corrected chi connectivity index (χ3v) is 3.91. The normalized spacial score (nSPS) is 12.3. The van der Waals surface area contributed by atoms with E-state index in [0.29, 0.717) is 6.61 Å². The minimum absolute atomic E-state index is 0.218. The maximum atomic E-state index is 5.92. The Morgan fingerprint density at radius 1 is 1.35 bits per heavy atom. The van der Waals surface area contributed by atoms with Crippen LogP contribution in [0.3, 0.4) is 0 Å². The van der Waals surface area contributed by atoms with Crippen molar-refractivity contribution in [2.45, 2.75) is 25.8 Å². The molecule has 1 heterocycles. The Bertz CT molecular complexity index is 529. The van der Waals surface area contributed by atoms with Crippen molar-refractivity contribution < 1.29 is 4.74 Å². The fraction of sp³-hybridized carbons (Fsp3) is 0.429. The second kappa shape index (κ2) is 7.57. The van der Waals surface area contributed by atoms with Crippen LogP contribution in [0.1, 0.15) is 30.8 Å². The van der Waals surface area contributed by atoms with Crippen LogP contribution in [0.5, 0.6) is 0 Å². The highest BCUT2D eigenvalue weighted by atomic mass is 35.5. The topological polar surface area (TPSA) is 47.0 Å². The largest absolute Gasteiger partial charge is 0.384 e. The summed E-state index contributed by atoms with van der Waals surface area (Å²) in [7, 11) is 1.68. The number of anilines is 1. The Labute approximate surface area is 128 Å². The lowest BCUT2D eigenvalue weighted by molar-refractivity contribution is 0.201. The van der Waals surface area contributed by atoms with Gasteiger partial charge in [-0.15, -0.1) is 0 Å². The van der Waals surface area contributed by atoms with Crippen molar-refractivity contribution in [3.8, 4) is 0 Å². The van der Waals surface area contributed by atoms with Crippen molar-refractivity contribution >= 4 is 28.3 Å². The molecule has 1 atom stereocenters. The summed E-state index contributed by atoms with van der Waals surface area (Å²) in [5.74, 6) is 0.824. The molecule has 2 aromatic rings. The molecule has 20 heavy (non-hydrogen) atoms. The van der Waals surface area contributed by atoms with Crippen LogP contribution in [0.2, 0.25) is 5.02 Å². The molecule has 1 aromatic heterocycles. The van der Waals surface area contributed by atoms with Gasteiger partial charge in [0.1, 0.15) is 5.82 Å². The summed E-state index contributed by atoms with van der Waals surface area (Å²) in [5, 5.41) is 5.02. The summed E-state index contributed by atoms with van der Waals surface area (Å²) >= 11 is 7.31. The van der Waals surface area contributed by atoms with Crippen molar-refractivity contribution in [3.63, 3.8) is 0 Å². The second-order valence-electron chi connectivity index (χ2n) is 4.42. The number of nitrogens with zero attached hydrogens (tertiary/aromatic N) is 2. The molecule has 0 spiro atoms. The predicted octanol–water partition coefficient (Wildman–Crippen LogP) is 3.94. The van der Waals surface area contributed by atoms with Crippen LogP contribution >= 0.6 is 23.1 Å². The zero-order valence-electron chi connectivity index (χ0n) is 11.6. The van der Waals surface area contributed by atoms with E-state index in [1.54, 1.807) is 7.11 Å². The summed E-state index contributed by atoms with van der Waals surface area (Å²) in [6, 6.07) is 8.11. The number of rotatable bonds is 7. The number of aromatic nitrogens is 2. The molecular formula is C14H18ClN3OS. The first-order valence-corrected chi connectivity index (χ1v) is 7.71. The van der Waals surface area contributed by atoms with Gasteiger partial charge in [-0.05, 0) is 24.1 Å². The molecule has 1 unspecified atom stereocenters. The Kier molecular flexibility index (Phi) is 5.76. The van der Waals surface area contributed by atoms with E-state index < -0.39 is 0 Å². The van der Waals surface area contributed by atoms with E-state index in [1.165, 1.54) is 17.1 Å². The van der Waals surface area contributed by atoms with Crippen molar-refractivity contribution in [1.29, 1.82) is 0 Å². The lowest BCUT2D eigenvalue weighted by atomic mass is 10.1. The maximum Gasteiger partial charge on any atom is 0.203 e. The fourth-order valence-corrected chi connectivity index (χ4v) is 2.66. The van der Waals surface area contributed by atoms with Gasteiger partial charge in [-0.2, -0.15) is 4.37 Å². The van der Waals surface area contributed by atoms with Gasteiger partial charge in [0.2, 0.25) is 5.13 Å². The summed E-state index contributed by atoms with van der Waals surface area (Å²) < 4.78 is 9.35. The van der Waals surface area contributed by atoms with Gasteiger partial charge in [-0.25, -0.2) is 4.98 Å². The van der Waals surface area contributed by atoms with Gasteiger partial charge < -0.3 is 10.1 Å². The summed E-state index contributed by atoms with van der Waals surface area (Å²) in [6.07, 6.45) is 1.71. The molecule has 1 N–H and O–H groups in total. The zero-order valence-corrected chi connectivity index (χ0v) is 13.2. The van der Waals surface area contributed by atoms with Gasteiger partial charge in [-0.3, -0.25) is 0 Å². The Hall–Kier alpha value is -1.17. The quantitative estimate of drug-likeness (QED) is 0.841. The van der Waals surface area contributed by atoms with E-state index in [9.17, 15) is 0 Å². The molecule has 0 fully saturated rings. The highest BCUT2D eigenvalue weighted by molar-refractivity contribution is 7.09. The average molecular weight is 312 g/mol. The third kappa shape index (κ3) is 4.16. The number of nitrogens with one attached hydrogen (secondary N) is 1.